The first-order valence-electron chi connectivity index (χ1n) is 3.25. The molecule has 0 unspecified atom stereocenters. The smallest absolute Gasteiger partial charge is 0.305 e. The van der Waals surface area contributed by atoms with Gasteiger partial charge in [-0.05, 0) is 0 Å². The largest absolute Gasteiger partial charge is 0.326 e. The molecule has 0 aliphatic heterocycles. The van der Waals surface area contributed by atoms with Crippen molar-refractivity contribution in [3.63, 3.8) is 0 Å². The summed E-state index contributed by atoms with van der Waals surface area (Å²) in [5, 5.41) is 0. The molecular weight excluding hydrogens is 140 g/mol. The molecule has 3 nitrogen and oxygen atoms in total. The van der Waals surface area contributed by atoms with Crippen LogP contribution in [0.25, 0.3) is 12.2 Å². The van der Waals surface area contributed by atoms with Crippen molar-refractivity contribution in [3.8, 4) is 0 Å². The van der Waals surface area contributed by atoms with E-state index in [0.29, 0.717) is 0 Å². The summed E-state index contributed by atoms with van der Waals surface area (Å²) in [4.78, 5) is 13.7. The highest BCUT2D eigenvalue weighted by Crippen LogP contribution is 2.08. The van der Waals surface area contributed by atoms with Crippen molar-refractivity contribution in [2.45, 2.75) is 0 Å². The summed E-state index contributed by atoms with van der Waals surface area (Å²) in [7, 11) is 1.72. The molecule has 1 aromatic heterocycles. The van der Waals surface area contributed by atoms with Crippen LogP contribution >= 0.6 is 0 Å². The second-order valence-electron chi connectivity index (χ2n) is 2.37. The van der Waals surface area contributed by atoms with Crippen LogP contribution in [0.15, 0.2) is 16.3 Å². The summed E-state index contributed by atoms with van der Waals surface area (Å²) in [6.45, 7) is 0. The lowest BCUT2D eigenvalue weighted by atomic mass is 10.2. The zero-order valence-corrected chi connectivity index (χ0v) is 6.01. The molecule has 11 heavy (non-hydrogen) atoms. The van der Waals surface area contributed by atoms with Crippen LogP contribution in [0, 0.1) is 0 Å². The summed E-state index contributed by atoms with van der Waals surface area (Å²) in [6.07, 6.45) is 3.43. The van der Waals surface area contributed by atoms with E-state index in [-0.39, 0.29) is 5.69 Å². The fourth-order valence-corrected chi connectivity index (χ4v) is 1.06. The van der Waals surface area contributed by atoms with E-state index in [1.54, 1.807) is 23.8 Å². The Bertz CT molecular complexity index is 449. The maximum atomic E-state index is 11.0. The molecule has 0 aromatic carbocycles. The third-order valence-corrected chi connectivity index (χ3v) is 1.69. The Morgan fingerprint density at radius 2 is 2.18 bits per heavy atom. The minimum Gasteiger partial charge on any atom is -0.305 e. The van der Waals surface area contributed by atoms with Crippen molar-refractivity contribution in [2.75, 3.05) is 0 Å². The number of hydrogen-bond donors (Lipinski definition) is 1. The topological polar surface area (TPSA) is 37.8 Å². The molecule has 2 rings (SSSR count). The lowest BCUT2D eigenvalue weighted by Gasteiger charge is -1.94. The Kier molecular flexibility index (Phi) is 1.04. The van der Waals surface area contributed by atoms with Crippen molar-refractivity contribution in [1.82, 2.24) is 9.55 Å². The highest BCUT2D eigenvalue weighted by Gasteiger charge is 2.06. The van der Waals surface area contributed by atoms with Gasteiger partial charge in [0.25, 0.3) is 0 Å². The molecule has 1 aliphatic rings. The lowest BCUT2D eigenvalue weighted by Crippen LogP contribution is -2.13. The number of aromatic amines is 1. The molecule has 0 radical (unpaired) electrons. The third kappa shape index (κ3) is 0.729. The van der Waals surface area contributed by atoms with Crippen LogP contribution in [0.1, 0.15) is 11.4 Å². The highest BCUT2D eigenvalue weighted by molar-refractivity contribution is 5.62. The predicted molar refractivity (Wildman–Crippen MR) is 42.0 cm³/mol. The van der Waals surface area contributed by atoms with Gasteiger partial charge in [-0.25, -0.2) is 4.79 Å². The standard InChI is InChI=1S/C8H6N2O/c1-10-7-5-3-2-4-6(7)9-8(10)11/h4-5H,1H3,(H,9,11). The molecule has 1 heterocycles. The number of fused-ring (bicyclic) bond motifs is 1. The molecule has 3 heteroatoms. The predicted octanol–water partition coefficient (Wildman–Crippen LogP) is 0.507. The van der Waals surface area contributed by atoms with Gasteiger partial charge in [0.1, 0.15) is 0 Å². The molecular formula is C8H6N2O. The minimum atomic E-state index is -0.104. The molecule has 1 N–H and O–H groups in total. The second kappa shape index (κ2) is 1.89. The fourth-order valence-electron chi connectivity index (χ4n) is 1.06. The van der Waals surface area contributed by atoms with Gasteiger partial charge >= 0.3 is 5.69 Å². The van der Waals surface area contributed by atoms with Crippen molar-refractivity contribution < 1.29 is 0 Å². The molecule has 0 spiro atoms. The van der Waals surface area contributed by atoms with Crippen LogP contribution < -0.4 is 5.69 Å². The number of H-pyrrole nitrogens is 1. The zero-order chi connectivity index (χ0) is 7.84. The summed E-state index contributed by atoms with van der Waals surface area (Å²) >= 11 is 0. The van der Waals surface area contributed by atoms with Gasteiger partial charge < -0.3 is 4.98 Å². The van der Waals surface area contributed by atoms with Gasteiger partial charge in [0.15, 0.2) is 0 Å². The van der Waals surface area contributed by atoms with Crippen LogP contribution in [0.4, 0.5) is 0 Å². The number of aromatic nitrogens is 2. The van der Waals surface area contributed by atoms with Gasteiger partial charge in [-0.2, -0.15) is 0 Å². The Labute approximate surface area is 63.0 Å². The first kappa shape index (κ1) is 6.05. The SMILES string of the molecule is Cn1c2c([nH]c1=O)C=C=C=C2. The van der Waals surface area contributed by atoms with E-state index < -0.39 is 0 Å². The van der Waals surface area contributed by atoms with Crippen LogP contribution in [-0.2, 0) is 7.05 Å². The van der Waals surface area contributed by atoms with E-state index in [2.05, 4.69) is 16.4 Å². The molecule has 0 saturated carbocycles. The average Bonchev–Trinajstić information content (AvgIpc) is 2.30. The molecule has 1 aromatic rings. The number of hydrogen-bond acceptors (Lipinski definition) is 1. The van der Waals surface area contributed by atoms with Crippen molar-refractivity contribution in [3.05, 3.63) is 33.3 Å². The molecule has 54 valence electrons. The molecule has 0 atom stereocenters. The second-order valence-corrected chi connectivity index (χ2v) is 2.37. The maximum Gasteiger partial charge on any atom is 0.326 e. The molecule has 0 amide bonds. The van der Waals surface area contributed by atoms with E-state index >= 15 is 0 Å². The van der Waals surface area contributed by atoms with Crippen LogP contribution in [0.5, 0.6) is 0 Å². The third-order valence-electron chi connectivity index (χ3n) is 1.69. The van der Waals surface area contributed by atoms with Crippen molar-refractivity contribution in [1.29, 1.82) is 0 Å². The maximum absolute atomic E-state index is 11.0. The van der Waals surface area contributed by atoms with Crippen molar-refractivity contribution >= 4 is 12.2 Å². The Morgan fingerprint density at radius 1 is 1.45 bits per heavy atom. The van der Waals surface area contributed by atoms with E-state index in [0.717, 1.165) is 11.4 Å². The number of imidazole rings is 1. The molecule has 0 bridgehead atoms. The quantitative estimate of drug-likeness (QED) is 0.540. The van der Waals surface area contributed by atoms with Gasteiger partial charge in [0.2, 0.25) is 0 Å². The Hall–Kier alpha value is -1.69. The first-order valence-corrected chi connectivity index (χ1v) is 3.25. The van der Waals surface area contributed by atoms with E-state index in [1.807, 2.05) is 0 Å². The zero-order valence-electron chi connectivity index (χ0n) is 6.01. The number of rotatable bonds is 0. The summed E-state index contributed by atoms with van der Waals surface area (Å²) in [6, 6.07) is 0. The first-order chi connectivity index (χ1) is 5.29. The Balaban J connectivity index is 2.88. The number of nitrogens with one attached hydrogen (secondary N) is 1. The highest BCUT2D eigenvalue weighted by atomic mass is 16.1. The van der Waals surface area contributed by atoms with Gasteiger partial charge in [0, 0.05) is 19.2 Å². The van der Waals surface area contributed by atoms with Gasteiger partial charge in [0.05, 0.1) is 11.4 Å². The average molecular weight is 146 g/mol. The summed E-state index contributed by atoms with van der Waals surface area (Å²) in [5.41, 5.74) is 7.11. The normalized spacial score (nSPS) is 12.1. The number of nitrogens with zero attached hydrogens (tertiary/aromatic N) is 1. The fraction of sp³-hybridized carbons (Fsp3) is 0.125. The van der Waals surface area contributed by atoms with E-state index in [9.17, 15) is 4.79 Å². The summed E-state index contributed by atoms with van der Waals surface area (Å²) in [5.74, 6) is 0. The molecule has 1 aliphatic carbocycles. The van der Waals surface area contributed by atoms with Crippen LogP contribution in [-0.4, -0.2) is 9.55 Å². The monoisotopic (exact) mass is 146 g/mol. The Morgan fingerprint density at radius 3 is 2.91 bits per heavy atom. The van der Waals surface area contributed by atoms with E-state index in [1.165, 1.54) is 0 Å². The molecule has 0 fully saturated rings. The van der Waals surface area contributed by atoms with Crippen LogP contribution in [0.2, 0.25) is 0 Å². The molecule has 0 saturated heterocycles. The lowest BCUT2D eigenvalue weighted by molar-refractivity contribution is 0.853. The van der Waals surface area contributed by atoms with Gasteiger partial charge in [-0.15, -0.1) is 0 Å². The minimum absolute atomic E-state index is 0.104. The van der Waals surface area contributed by atoms with Gasteiger partial charge in [-0.1, -0.05) is 11.5 Å². The van der Waals surface area contributed by atoms with E-state index in [4.69, 9.17) is 0 Å². The van der Waals surface area contributed by atoms with Gasteiger partial charge in [-0.3, -0.25) is 4.57 Å². The van der Waals surface area contributed by atoms with Crippen LogP contribution in [0.3, 0.4) is 0 Å². The summed E-state index contributed by atoms with van der Waals surface area (Å²) < 4.78 is 1.54. The van der Waals surface area contributed by atoms with Crippen molar-refractivity contribution in [2.24, 2.45) is 7.05 Å².